The number of hydrogen-bond donors (Lipinski definition) is 2. The monoisotopic (exact) mass is 345 g/mol. The van der Waals surface area contributed by atoms with Gasteiger partial charge in [0.15, 0.2) is 0 Å². The number of nitriles is 1. The van der Waals surface area contributed by atoms with E-state index < -0.39 is 18.7 Å². The van der Waals surface area contributed by atoms with Gasteiger partial charge in [0.2, 0.25) is 0 Å². The average molecular weight is 345 g/mol. The molecule has 0 bridgehead atoms. The van der Waals surface area contributed by atoms with Crippen LogP contribution in [0.25, 0.3) is 0 Å². The Bertz CT molecular complexity index is 758. The van der Waals surface area contributed by atoms with Crippen molar-refractivity contribution in [3.05, 3.63) is 59.7 Å². The van der Waals surface area contributed by atoms with E-state index in [0.29, 0.717) is 23.2 Å². The first-order valence-electron chi connectivity index (χ1n) is 7.65. The number of nitrogens with zero attached hydrogens (tertiary/aromatic N) is 1. The fourth-order valence-corrected chi connectivity index (χ4v) is 2.32. The predicted octanol–water partition coefficient (Wildman–Crippen LogP) is 4.43. The summed E-state index contributed by atoms with van der Waals surface area (Å²) in [6, 6.07) is 13.7. The lowest BCUT2D eigenvalue weighted by molar-refractivity contribution is -0.0506. The molecule has 0 aromatic heterocycles. The van der Waals surface area contributed by atoms with Gasteiger partial charge in [-0.15, -0.1) is 0 Å². The van der Waals surface area contributed by atoms with Crippen LogP contribution in [0.1, 0.15) is 30.5 Å². The van der Waals surface area contributed by atoms with Gasteiger partial charge in [-0.3, -0.25) is 0 Å². The van der Waals surface area contributed by atoms with Gasteiger partial charge in [0.05, 0.1) is 17.7 Å². The minimum atomic E-state index is -2.94. The van der Waals surface area contributed by atoms with Gasteiger partial charge in [0, 0.05) is 11.3 Å². The molecule has 0 saturated heterocycles. The lowest BCUT2D eigenvalue weighted by Gasteiger charge is -2.20. The minimum absolute atomic E-state index is 0.0306. The normalized spacial score (nSPS) is 11.5. The molecule has 2 aromatic rings. The number of carbonyl (C=O) groups excluding carboxylic acids is 1. The van der Waals surface area contributed by atoms with Gasteiger partial charge in [-0.1, -0.05) is 25.1 Å². The third-order valence-corrected chi connectivity index (χ3v) is 3.50. The van der Waals surface area contributed by atoms with E-state index in [-0.39, 0.29) is 5.75 Å². The third-order valence-electron chi connectivity index (χ3n) is 3.50. The Hall–Kier alpha value is -3.14. The summed E-state index contributed by atoms with van der Waals surface area (Å²) in [6.45, 7) is -1.11. The Morgan fingerprint density at radius 3 is 2.48 bits per heavy atom. The molecule has 2 amide bonds. The highest BCUT2D eigenvalue weighted by atomic mass is 19.3. The number of alkyl halides is 2. The predicted molar refractivity (Wildman–Crippen MR) is 89.4 cm³/mol. The number of rotatable bonds is 6. The van der Waals surface area contributed by atoms with Crippen molar-refractivity contribution in [2.75, 3.05) is 5.32 Å². The van der Waals surface area contributed by atoms with Crippen LogP contribution >= 0.6 is 0 Å². The Labute approximate surface area is 144 Å². The van der Waals surface area contributed by atoms with Crippen molar-refractivity contribution in [1.82, 2.24) is 5.32 Å². The second kappa shape index (κ2) is 8.64. The summed E-state index contributed by atoms with van der Waals surface area (Å²) in [5, 5.41) is 14.1. The molecule has 0 radical (unpaired) electrons. The number of halogens is 2. The summed E-state index contributed by atoms with van der Waals surface area (Å²) < 4.78 is 29.6. The van der Waals surface area contributed by atoms with Crippen molar-refractivity contribution < 1.29 is 18.3 Å². The Morgan fingerprint density at radius 1 is 1.20 bits per heavy atom. The molecule has 0 unspecified atom stereocenters. The molecule has 130 valence electrons. The molecule has 0 heterocycles. The van der Waals surface area contributed by atoms with Crippen molar-refractivity contribution in [1.29, 1.82) is 5.26 Å². The van der Waals surface area contributed by atoms with Crippen LogP contribution in [0, 0.1) is 11.3 Å². The average Bonchev–Trinajstić information content (AvgIpc) is 2.60. The fourth-order valence-electron chi connectivity index (χ4n) is 2.32. The number of anilines is 1. The number of ether oxygens (including phenoxy) is 1. The van der Waals surface area contributed by atoms with E-state index in [1.165, 1.54) is 6.07 Å². The maximum atomic E-state index is 12.5. The lowest BCUT2D eigenvalue weighted by atomic mass is 10.0. The minimum Gasteiger partial charge on any atom is -0.434 e. The summed E-state index contributed by atoms with van der Waals surface area (Å²) in [5.74, 6) is 0.0306. The number of urea groups is 1. The van der Waals surface area contributed by atoms with E-state index in [9.17, 15) is 13.6 Å². The second-order valence-corrected chi connectivity index (χ2v) is 5.16. The number of benzene rings is 2. The van der Waals surface area contributed by atoms with Gasteiger partial charge in [0.25, 0.3) is 0 Å². The van der Waals surface area contributed by atoms with Gasteiger partial charge in [-0.25, -0.2) is 4.79 Å². The number of hydrogen-bond acceptors (Lipinski definition) is 3. The topological polar surface area (TPSA) is 74.2 Å². The summed E-state index contributed by atoms with van der Waals surface area (Å²) in [7, 11) is 0. The Morgan fingerprint density at radius 2 is 1.88 bits per heavy atom. The summed E-state index contributed by atoms with van der Waals surface area (Å²) in [5.41, 5.74) is 1.47. The number of amides is 2. The highest BCUT2D eigenvalue weighted by molar-refractivity contribution is 5.89. The molecule has 2 rings (SSSR count). The number of para-hydroxylation sites is 1. The summed E-state index contributed by atoms with van der Waals surface area (Å²) >= 11 is 0. The van der Waals surface area contributed by atoms with Crippen molar-refractivity contribution in [3.8, 4) is 11.8 Å². The molecule has 0 fully saturated rings. The van der Waals surface area contributed by atoms with Gasteiger partial charge in [-0.2, -0.15) is 14.0 Å². The molecule has 1 atom stereocenters. The van der Waals surface area contributed by atoms with Crippen molar-refractivity contribution in [2.45, 2.75) is 26.0 Å². The van der Waals surface area contributed by atoms with E-state index >= 15 is 0 Å². The first-order chi connectivity index (χ1) is 12.0. The lowest BCUT2D eigenvalue weighted by Crippen LogP contribution is -2.32. The van der Waals surface area contributed by atoms with Crippen molar-refractivity contribution in [3.63, 3.8) is 0 Å². The summed E-state index contributed by atoms with van der Waals surface area (Å²) in [6.07, 6.45) is 0.490. The summed E-state index contributed by atoms with van der Waals surface area (Å²) in [4.78, 5) is 12.2. The van der Waals surface area contributed by atoms with Crippen LogP contribution in [-0.2, 0) is 0 Å². The number of carbonyl (C=O) groups is 1. The van der Waals surface area contributed by atoms with E-state index in [2.05, 4.69) is 15.4 Å². The standard InChI is InChI=1S/C18H17F2N3O2/c1-2-15(14-5-3-4-6-16(14)25-17(19)20)23-18(24)22-13-9-7-12(11-21)8-10-13/h3-10,15,17H,2H2,1H3,(H2,22,23,24)/t15-/m0/s1. The van der Waals surface area contributed by atoms with E-state index in [1.807, 2.05) is 13.0 Å². The van der Waals surface area contributed by atoms with Gasteiger partial charge in [0.1, 0.15) is 5.75 Å². The van der Waals surface area contributed by atoms with Gasteiger partial charge < -0.3 is 15.4 Å². The zero-order valence-corrected chi connectivity index (χ0v) is 13.5. The molecule has 0 aliphatic carbocycles. The smallest absolute Gasteiger partial charge is 0.387 e. The second-order valence-electron chi connectivity index (χ2n) is 5.16. The molecule has 0 spiro atoms. The zero-order chi connectivity index (χ0) is 18.2. The van der Waals surface area contributed by atoms with Gasteiger partial charge >= 0.3 is 12.6 Å². The molecule has 25 heavy (non-hydrogen) atoms. The number of nitrogens with one attached hydrogen (secondary N) is 2. The van der Waals surface area contributed by atoms with E-state index in [0.717, 1.165) is 0 Å². The molecule has 7 heteroatoms. The quantitative estimate of drug-likeness (QED) is 0.813. The van der Waals surface area contributed by atoms with Crippen LogP contribution in [0.5, 0.6) is 5.75 Å². The van der Waals surface area contributed by atoms with Crippen molar-refractivity contribution in [2.24, 2.45) is 0 Å². The van der Waals surface area contributed by atoms with Crippen LogP contribution < -0.4 is 15.4 Å². The highest BCUT2D eigenvalue weighted by Gasteiger charge is 2.18. The zero-order valence-electron chi connectivity index (χ0n) is 13.5. The molecular formula is C18H17F2N3O2. The van der Waals surface area contributed by atoms with Crippen LogP contribution in [0.15, 0.2) is 48.5 Å². The molecule has 0 saturated carbocycles. The van der Waals surface area contributed by atoms with Gasteiger partial charge in [-0.05, 0) is 36.8 Å². The van der Waals surface area contributed by atoms with E-state index in [4.69, 9.17) is 5.26 Å². The fraction of sp³-hybridized carbons (Fsp3) is 0.222. The van der Waals surface area contributed by atoms with Crippen LogP contribution in [0.4, 0.5) is 19.3 Å². The maximum absolute atomic E-state index is 12.5. The molecule has 2 N–H and O–H groups in total. The van der Waals surface area contributed by atoms with Crippen LogP contribution in [-0.4, -0.2) is 12.6 Å². The van der Waals surface area contributed by atoms with E-state index in [1.54, 1.807) is 42.5 Å². The molecule has 2 aromatic carbocycles. The molecule has 0 aliphatic rings. The van der Waals surface area contributed by atoms with Crippen LogP contribution in [0.3, 0.4) is 0 Å². The third kappa shape index (κ3) is 5.18. The largest absolute Gasteiger partial charge is 0.434 e. The van der Waals surface area contributed by atoms with Crippen molar-refractivity contribution >= 4 is 11.7 Å². The first-order valence-corrected chi connectivity index (χ1v) is 7.65. The molecular weight excluding hydrogens is 328 g/mol. The highest BCUT2D eigenvalue weighted by Crippen LogP contribution is 2.28. The van der Waals surface area contributed by atoms with Crippen LogP contribution in [0.2, 0.25) is 0 Å². The maximum Gasteiger partial charge on any atom is 0.387 e. The molecule has 5 nitrogen and oxygen atoms in total. The Balaban J connectivity index is 2.08. The Kier molecular flexibility index (Phi) is 6.29. The first kappa shape index (κ1) is 18.2. The SMILES string of the molecule is CC[C@H](NC(=O)Nc1ccc(C#N)cc1)c1ccccc1OC(F)F. The molecule has 0 aliphatic heterocycles.